The highest BCUT2D eigenvalue weighted by Crippen LogP contribution is 2.41. The molecule has 6 nitrogen and oxygen atoms in total. The quantitative estimate of drug-likeness (QED) is 0.749. The summed E-state index contributed by atoms with van der Waals surface area (Å²) in [5.74, 6) is -2.71. The lowest BCUT2D eigenvalue weighted by Gasteiger charge is -2.45. The average molecular weight is 425 g/mol. The van der Waals surface area contributed by atoms with Crippen molar-refractivity contribution in [2.24, 2.45) is 0 Å². The minimum atomic E-state index is -5.05. The number of alkyl halides is 3. The minimum Gasteiger partial charge on any atom is -0.447 e. The largest absolute Gasteiger partial charge is 0.573 e. The zero-order chi connectivity index (χ0) is 19.6. The van der Waals surface area contributed by atoms with Gasteiger partial charge in [0.2, 0.25) is 0 Å². The predicted octanol–water partition coefficient (Wildman–Crippen LogP) is 3.53. The molecule has 2 aliphatic heterocycles. The number of halogens is 5. The van der Waals surface area contributed by atoms with Crippen molar-refractivity contribution in [2.75, 3.05) is 19.7 Å². The van der Waals surface area contributed by atoms with E-state index in [9.17, 15) is 27.2 Å². The van der Waals surface area contributed by atoms with Crippen molar-refractivity contribution in [1.29, 1.82) is 0 Å². The van der Waals surface area contributed by atoms with Crippen molar-refractivity contribution in [2.45, 2.75) is 11.9 Å². The third-order valence-corrected chi connectivity index (χ3v) is 5.87. The van der Waals surface area contributed by atoms with E-state index < -0.39 is 35.5 Å². The number of fused-ring (bicyclic) bond motifs is 1. The summed E-state index contributed by atoms with van der Waals surface area (Å²) in [5, 5.41) is 2.69. The van der Waals surface area contributed by atoms with Gasteiger partial charge in [-0.2, -0.15) is 0 Å². The topological polar surface area (TPSA) is 67.9 Å². The number of cyclic esters (lactones) is 1. The number of alkyl carbamates (subject to hydrolysis) is 1. The molecule has 1 spiro atoms. The first-order valence-corrected chi connectivity index (χ1v) is 8.68. The lowest BCUT2D eigenvalue weighted by molar-refractivity contribution is -0.275. The number of rotatable bonds is 2. The Labute approximate surface area is 157 Å². The number of nitrogens with zero attached hydrogens (tertiary/aromatic N) is 1. The average Bonchev–Trinajstić information content (AvgIpc) is 3.06. The van der Waals surface area contributed by atoms with Gasteiger partial charge in [0.25, 0.3) is 5.91 Å². The van der Waals surface area contributed by atoms with Gasteiger partial charge in [0.1, 0.15) is 17.0 Å². The van der Waals surface area contributed by atoms with E-state index in [1.54, 1.807) is 0 Å². The molecule has 0 unspecified atom stereocenters. The van der Waals surface area contributed by atoms with E-state index in [1.165, 1.54) is 4.90 Å². The molecule has 0 atom stereocenters. The number of ether oxygens (including phenoxy) is 2. The molecule has 0 radical (unpaired) electrons. The SMILES string of the molecule is O=C1NC2(CO1)CN(C(=O)c1sc3cc(OC(F)(F)F)c(F)cc3c1Cl)C2. The molecule has 2 fully saturated rings. The van der Waals surface area contributed by atoms with Crippen molar-refractivity contribution in [1.82, 2.24) is 10.2 Å². The maximum Gasteiger partial charge on any atom is 0.573 e. The Bertz CT molecular complexity index is 971. The number of nitrogens with one attached hydrogen (secondary N) is 1. The van der Waals surface area contributed by atoms with E-state index in [1.807, 2.05) is 0 Å². The van der Waals surface area contributed by atoms with Gasteiger partial charge in [0, 0.05) is 29.2 Å². The molecule has 2 aliphatic rings. The smallest absolute Gasteiger partial charge is 0.447 e. The van der Waals surface area contributed by atoms with Crippen molar-refractivity contribution in [3.8, 4) is 5.75 Å². The fourth-order valence-corrected chi connectivity index (χ4v) is 4.52. The zero-order valence-corrected chi connectivity index (χ0v) is 14.7. The van der Waals surface area contributed by atoms with Gasteiger partial charge in [-0.15, -0.1) is 24.5 Å². The van der Waals surface area contributed by atoms with Crippen LogP contribution >= 0.6 is 22.9 Å². The summed E-state index contributed by atoms with van der Waals surface area (Å²) >= 11 is 6.98. The van der Waals surface area contributed by atoms with Crippen LogP contribution in [0.5, 0.6) is 5.75 Å². The summed E-state index contributed by atoms with van der Waals surface area (Å²) < 4.78 is 59.6. The molecule has 27 heavy (non-hydrogen) atoms. The maximum atomic E-state index is 13.9. The minimum absolute atomic E-state index is 0.0508. The summed E-state index contributed by atoms with van der Waals surface area (Å²) in [4.78, 5) is 25.3. The fourth-order valence-electron chi connectivity index (χ4n) is 3.04. The first-order valence-electron chi connectivity index (χ1n) is 7.48. The van der Waals surface area contributed by atoms with E-state index in [2.05, 4.69) is 10.1 Å². The normalized spacial score (nSPS) is 18.4. The van der Waals surface area contributed by atoms with Crippen LogP contribution in [0.3, 0.4) is 0 Å². The van der Waals surface area contributed by atoms with Crippen molar-refractivity contribution in [3.63, 3.8) is 0 Å². The molecule has 0 saturated carbocycles. The van der Waals surface area contributed by atoms with Gasteiger partial charge < -0.3 is 19.7 Å². The number of carbonyl (C=O) groups is 2. The first-order chi connectivity index (χ1) is 12.6. The Morgan fingerprint density at radius 3 is 2.67 bits per heavy atom. The Balaban J connectivity index is 1.60. The molecule has 1 N–H and O–H groups in total. The Kier molecular flexibility index (Phi) is 3.93. The zero-order valence-electron chi connectivity index (χ0n) is 13.2. The van der Waals surface area contributed by atoms with Crippen molar-refractivity contribution >= 4 is 45.0 Å². The number of carbonyl (C=O) groups excluding carboxylic acids is 2. The van der Waals surface area contributed by atoms with Crippen LogP contribution in [-0.4, -0.2) is 48.5 Å². The molecule has 0 bridgehead atoms. The van der Waals surface area contributed by atoms with Crippen LogP contribution in [-0.2, 0) is 4.74 Å². The highest BCUT2D eigenvalue weighted by Gasteiger charge is 2.51. The first kappa shape index (κ1) is 18.1. The van der Waals surface area contributed by atoms with Gasteiger partial charge in [-0.05, 0) is 6.07 Å². The second-order valence-corrected chi connectivity index (χ2v) is 7.64. The van der Waals surface area contributed by atoms with Crippen LogP contribution in [0, 0.1) is 5.82 Å². The Morgan fingerprint density at radius 1 is 1.37 bits per heavy atom. The van der Waals surface area contributed by atoms with E-state index in [4.69, 9.17) is 16.3 Å². The number of hydrogen-bond acceptors (Lipinski definition) is 5. The summed E-state index contributed by atoms with van der Waals surface area (Å²) in [6, 6.07) is 1.66. The molecule has 2 aromatic rings. The highest BCUT2D eigenvalue weighted by atomic mass is 35.5. The molecule has 3 heterocycles. The van der Waals surface area contributed by atoms with E-state index in [0.717, 1.165) is 23.5 Å². The predicted molar refractivity (Wildman–Crippen MR) is 86.6 cm³/mol. The number of amides is 2. The molecule has 2 amide bonds. The van der Waals surface area contributed by atoms with Crippen molar-refractivity contribution in [3.05, 3.63) is 27.8 Å². The second kappa shape index (κ2) is 5.86. The lowest BCUT2D eigenvalue weighted by Crippen LogP contribution is -2.69. The molecule has 0 aliphatic carbocycles. The molecule has 144 valence electrons. The molecular formula is C15H9ClF4N2O4S. The summed E-state index contributed by atoms with van der Waals surface area (Å²) in [5.41, 5.74) is -0.629. The van der Waals surface area contributed by atoms with Gasteiger partial charge in [-0.1, -0.05) is 11.6 Å². The van der Waals surface area contributed by atoms with Crippen LogP contribution in [0.4, 0.5) is 22.4 Å². The third-order valence-electron chi connectivity index (χ3n) is 4.22. The molecule has 4 rings (SSSR count). The molecule has 1 aromatic heterocycles. The van der Waals surface area contributed by atoms with Crippen LogP contribution in [0.25, 0.3) is 10.1 Å². The van der Waals surface area contributed by atoms with Crippen LogP contribution < -0.4 is 10.1 Å². The number of likely N-dealkylation sites (tertiary alicyclic amines) is 1. The summed E-state index contributed by atoms with van der Waals surface area (Å²) in [7, 11) is 0. The molecule has 2 saturated heterocycles. The van der Waals surface area contributed by atoms with Gasteiger partial charge in [-0.25, -0.2) is 9.18 Å². The second-order valence-electron chi connectivity index (χ2n) is 6.21. The van der Waals surface area contributed by atoms with E-state index in [0.29, 0.717) is 0 Å². The van der Waals surface area contributed by atoms with Gasteiger partial charge in [-0.3, -0.25) is 4.79 Å². The van der Waals surface area contributed by atoms with Crippen molar-refractivity contribution < 1.29 is 36.6 Å². The van der Waals surface area contributed by atoms with Gasteiger partial charge >= 0.3 is 12.5 Å². The standard InChI is InChI=1S/C15H9ClF4N2O4S/c16-10-6-1-7(17)8(26-15(18,19)20)2-9(6)27-11(10)12(23)22-3-14(4-22)5-25-13(24)21-14/h1-2H,3-5H2,(H,21,24). The van der Waals surface area contributed by atoms with Crippen LogP contribution in [0.1, 0.15) is 9.67 Å². The summed E-state index contributed by atoms with van der Waals surface area (Å²) in [6.45, 7) is 0.553. The molecule has 12 heteroatoms. The molecule has 1 aromatic carbocycles. The van der Waals surface area contributed by atoms with Gasteiger partial charge in [0.15, 0.2) is 11.6 Å². The number of benzene rings is 1. The number of hydrogen-bond donors (Lipinski definition) is 1. The Hall–Kier alpha value is -2.27. The highest BCUT2D eigenvalue weighted by molar-refractivity contribution is 7.21. The van der Waals surface area contributed by atoms with E-state index in [-0.39, 0.29) is 39.7 Å². The van der Waals surface area contributed by atoms with Crippen LogP contribution in [0.15, 0.2) is 12.1 Å². The van der Waals surface area contributed by atoms with Crippen LogP contribution in [0.2, 0.25) is 5.02 Å². The number of thiophene rings is 1. The lowest BCUT2D eigenvalue weighted by atomic mass is 9.91. The van der Waals surface area contributed by atoms with Gasteiger partial charge in [0.05, 0.1) is 5.02 Å². The molecular weight excluding hydrogens is 416 g/mol. The fraction of sp³-hybridized carbons (Fsp3) is 0.333. The maximum absolute atomic E-state index is 13.9. The monoisotopic (exact) mass is 424 g/mol. The third kappa shape index (κ3) is 3.14. The Morgan fingerprint density at radius 2 is 2.07 bits per heavy atom. The summed E-state index contributed by atoms with van der Waals surface area (Å²) in [6.07, 6.45) is -5.61. The van der Waals surface area contributed by atoms with E-state index >= 15 is 0 Å².